The summed E-state index contributed by atoms with van der Waals surface area (Å²) < 4.78 is 10.3. The Balaban J connectivity index is 1.86. The van der Waals surface area contributed by atoms with Crippen LogP contribution >= 0.6 is 0 Å². The van der Waals surface area contributed by atoms with Gasteiger partial charge in [-0.05, 0) is 23.8 Å². The van der Waals surface area contributed by atoms with Gasteiger partial charge in [0.1, 0.15) is 17.8 Å². The van der Waals surface area contributed by atoms with E-state index >= 15 is 0 Å². The molecule has 100 valence electrons. The fourth-order valence-corrected chi connectivity index (χ4v) is 1.70. The maximum Gasteiger partial charge on any atom is 0.338 e. The van der Waals surface area contributed by atoms with Crippen molar-refractivity contribution in [2.75, 3.05) is 7.11 Å². The summed E-state index contributed by atoms with van der Waals surface area (Å²) in [5, 5.41) is 11.9. The molecule has 2 aromatic rings. The Morgan fingerprint density at radius 1 is 1.37 bits per heavy atom. The number of nitrogens with one attached hydrogen (secondary N) is 1. The van der Waals surface area contributed by atoms with Crippen LogP contribution in [0.4, 0.5) is 0 Å². The van der Waals surface area contributed by atoms with Crippen molar-refractivity contribution < 1.29 is 19.1 Å². The predicted molar refractivity (Wildman–Crippen MR) is 69.2 cm³/mol. The van der Waals surface area contributed by atoms with Crippen LogP contribution in [0.25, 0.3) is 0 Å². The number of benzene rings is 1. The zero-order valence-corrected chi connectivity index (χ0v) is 10.6. The van der Waals surface area contributed by atoms with Gasteiger partial charge in [-0.1, -0.05) is 12.1 Å². The molecule has 5 nitrogen and oxygen atoms in total. The van der Waals surface area contributed by atoms with Gasteiger partial charge in [-0.2, -0.15) is 0 Å². The van der Waals surface area contributed by atoms with Crippen LogP contribution in [0.3, 0.4) is 0 Å². The molecule has 0 radical (unpaired) electrons. The molecule has 0 aliphatic rings. The number of rotatable bonds is 6. The standard InChI is InChI=1S/C14H15NO4/c1-18-12-4-2-3-10(5-12)7-15-8-13-6-11(9-19-13)14(16)17/h2-6,9,15H,7-8H2,1H3,(H,16,17). The lowest BCUT2D eigenvalue weighted by molar-refractivity contribution is 0.0696. The predicted octanol–water partition coefficient (Wildman–Crippen LogP) is 2.28. The molecular weight excluding hydrogens is 246 g/mol. The summed E-state index contributed by atoms with van der Waals surface area (Å²) in [5.74, 6) is 0.425. The molecule has 0 fully saturated rings. The summed E-state index contributed by atoms with van der Waals surface area (Å²) >= 11 is 0. The lowest BCUT2D eigenvalue weighted by atomic mass is 10.2. The number of furan rings is 1. The highest BCUT2D eigenvalue weighted by atomic mass is 16.5. The second-order valence-corrected chi connectivity index (χ2v) is 4.06. The van der Waals surface area contributed by atoms with Gasteiger partial charge in [-0.3, -0.25) is 0 Å². The van der Waals surface area contributed by atoms with Crippen molar-refractivity contribution >= 4 is 5.97 Å². The van der Waals surface area contributed by atoms with Gasteiger partial charge < -0.3 is 19.6 Å². The number of aromatic carboxylic acids is 1. The first kappa shape index (κ1) is 13.2. The number of carboxylic acids is 1. The molecule has 0 bridgehead atoms. The van der Waals surface area contributed by atoms with Crippen molar-refractivity contribution in [1.29, 1.82) is 0 Å². The Hall–Kier alpha value is -2.27. The molecule has 0 aliphatic carbocycles. The zero-order chi connectivity index (χ0) is 13.7. The molecule has 0 spiro atoms. The van der Waals surface area contributed by atoms with Crippen LogP contribution in [0.2, 0.25) is 0 Å². The van der Waals surface area contributed by atoms with Crippen molar-refractivity contribution in [2.45, 2.75) is 13.1 Å². The van der Waals surface area contributed by atoms with E-state index in [4.69, 9.17) is 14.3 Å². The van der Waals surface area contributed by atoms with Crippen LogP contribution in [-0.4, -0.2) is 18.2 Å². The minimum Gasteiger partial charge on any atom is -0.497 e. The van der Waals surface area contributed by atoms with Crippen LogP contribution in [-0.2, 0) is 13.1 Å². The Bertz CT molecular complexity index is 562. The summed E-state index contributed by atoms with van der Waals surface area (Å²) in [6, 6.07) is 9.25. The van der Waals surface area contributed by atoms with Crippen molar-refractivity contribution in [1.82, 2.24) is 5.32 Å². The SMILES string of the molecule is COc1cccc(CNCc2cc(C(=O)O)co2)c1. The molecule has 1 heterocycles. The number of hydrogen-bond acceptors (Lipinski definition) is 4. The van der Waals surface area contributed by atoms with Gasteiger partial charge in [-0.15, -0.1) is 0 Å². The minimum atomic E-state index is -0.984. The molecule has 5 heteroatoms. The van der Waals surface area contributed by atoms with Gasteiger partial charge in [0.15, 0.2) is 0 Å². The molecule has 1 aromatic carbocycles. The summed E-state index contributed by atoms with van der Waals surface area (Å²) in [6.07, 6.45) is 1.24. The van der Waals surface area contributed by atoms with E-state index in [1.807, 2.05) is 24.3 Å². The summed E-state index contributed by atoms with van der Waals surface area (Å²) in [6.45, 7) is 1.13. The topological polar surface area (TPSA) is 71.7 Å². The Kier molecular flexibility index (Phi) is 4.20. The van der Waals surface area contributed by atoms with E-state index in [0.29, 0.717) is 18.8 Å². The van der Waals surface area contributed by atoms with Crippen LogP contribution in [0.5, 0.6) is 5.75 Å². The van der Waals surface area contributed by atoms with Gasteiger partial charge in [0, 0.05) is 6.54 Å². The van der Waals surface area contributed by atoms with Crippen LogP contribution in [0.1, 0.15) is 21.7 Å². The third-order valence-electron chi connectivity index (χ3n) is 2.66. The van der Waals surface area contributed by atoms with E-state index in [-0.39, 0.29) is 5.56 Å². The van der Waals surface area contributed by atoms with Gasteiger partial charge in [0.2, 0.25) is 0 Å². The maximum atomic E-state index is 10.7. The molecule has 0 unspecified atom stereocenters. The largest absolute Gasteiger partial charge is 0.497 e. The average molecular weight is 261 g/mol. The first-order chi connectivity index (χ1) is 9.19. The monoisotopic (exact) mass is 261 g/mol. The van der Waals surface area contributed by atoms with Gasteiger partial charge in [0.05, 0.1) is 19.2 Å². The van der Waals surface area contributed by atoms with E-state index in [0.717, 1.165) is 11.3 Å². The smallest absolute Gasteiger partial charge is 0.338 e. The van der Waals surface area contributed by atoms with Crippen molar-refractivity contribution in [3.05, 3.63) is 53.5 Å². The molecule has 19 heavy (non-hydrogen) atoms. The van der Waals surface area contributed by atoms with Gasteiger partial charge >= 0.3 is 5.97 Å². The number of carbonyl (C=O) groups is 1. The molecular formula is C14H15NO4. The van der Waals surface area contributed by atoms with Crippen LogP contribution < -0.4 is 10.1 Å². The third kappa shape index (κ3) is 3.59. The molecule has 0 saturated carbocycles. The van der Waals surface area contributed by atoms with E-state index in [1.165, 1.54) is 12.3 Å². The first-order valence-electron chi connectivity index (χ1n) is 5.83. The highest BCUT2D eigenvalue weighted by Gasteiger charge is 2.07. The number of carboxylic acid groups (broad SMARTS) is 1. The Morgan fingerprint density at radius 3 is 2.89 bits per heavy atom. The molecule has 0 atom stereocenters. The number of hydrogen-bond donors (Lipinski definition) is 2. The van der Waals surface area contributed by atoms with E-state index in [2.05, 4.69) is 5.32 Å². The van der Waals surface area contributed by atoms with E-state index in [1.54, 1.807) is 7.11 Å². The average Bonchev–Trinajstić information content (AvgIpc) is 2.88. The minimum absolute atomic E-state index is 0.165. The summed E-state index contributed by atoms with van der Waals surface area (Å²) in [7, 11) is 1.63. The first-order valence-corrected chi connectivity index (χ1v) is 5.83. The van der Waals surface area contributed by atoms with Crippen molar-refractivity contribution in [2.24, 2.45) is 0 Å². The van der Waals surface area contributed by atoms with E-state index in [9.17, 15) is 4.79 Å². The molecule has 0 saturated heterocycles. The quantitative estimate of drug-likeness (QED) is 0.834. The molecule has 1 aromatic heterocycles. The normalized spacial score (nSPS) is 10.4. The number of ether oxygens (including phenoxy) is 1. The van der Waals surface area contributed by atoms with Crippen molar-refractivity contribution in [3.63, 3.8) is 0 Å². The molecule has 2 N–H and O–H groups in total. The Morgan fingerprint density at radius 2 is 2.21 bits per heavy atom. The fourth-order valence-electron chi connectivity index (χ4n) is 1.70. The van der Waals surface area contributed by atoms with E-state index < -0.39 is 5.97 Å². The Labute approximate surface area is 110 Å². The summed E-state index contributed by atoms with van der Waals surface area (Å²) in [5.41, 5.74) is 1.25. The second-order valence-electron chi connectivity index (χ2n) is 4.06. The van der Waals surface area contributed by atoms with Crippen LogP contribution in [0, 0.1) is 0 Å². The maximum absolute atomic E-state index is 10.7. The third-order valence-corrected chi connectivity index (χ3v) is 2.66. The molecule has 0 aliphatic heterocycles. The zero-order valence-electron chi connectivity index (χ0n) is 10.6. The highest BCUT2D eigenvalue weighted by molar-refractivity contribution is 5.87. The van der Waals surface area contributed by atoms with Crippen LogP contribution in [0.15, 0.2) is 41.0 Å². The summed E-state index contributed by atoms with van der Waals surface area (Å²) in [4.78, 5) is 10.7. The van der Waals surface area contributed by atoms with Gasteiger partial charge in [-0.25, -0.2) is 4.79 Å². The lowest BCUT2D eigenvalue weighted by Crippen LogP contribution is -2.12. The molecule has 0 amide bonds. The van der Waals surface area contributed by atoms with Crippen molar-refractivity contribution in [3.8, 4) is 5.75 Å². The molecule has 2 rings (SSSR count). The number of methoxy groups -OCH3 is 1. The fraction of sp³-hybridized carbons (Fsp3) is 0.214. The second kappa shape index (κ2) is 6.06. The highest BCUT2D eigenvalue weighted by Crippen LogP contribution is 2.13. The lowest BCUT2D eigenvalue weighted by Gasteiger charge is -2.05. The van der Waals surface area contributed by atoms with Gasteiger partial charge in [0.25, 0.3) is 0 Å².